The van der Waals surface area contributed by atoms with E-state index in [0.717, 1.165) is 35.2 Å². The lowest BCUT2D eigenvalue weighted by atomic mass is 9.95. The Hall–Kier alpha value is -4.14. The Morgan fingerprint density at radius 2 is 1.69 bits per heavy atom. The number of carbonyl (C=O) groups is 2. The largest absolute Gasteiger partial charge is 0.507 e. The summed E-state index contributed by atoms with van der Waals surface area (Å²) >= 11 is 0. The molecule has 1 aliphatic heterocycles. The Morgan fingerprint density at radius 1 is 1.00 bits per heavy atom. The van der Waals surface area contributed by atoms with E-state index in [-0.39, 0.29) is 22.4 Å². The molecule has 0 aliphatic carbocycles. The van der Waals surface area contributed by atoms with Crippen molar-refractivity contribution in [2.75, 3.05) is 11.5 Å². The number of alkyl halides is 3. The van der Waals surface area contributed by atoms with E-state index < -0.39 is 41.0 Å². The van der Waals surface area contributed by atoms with Gasteiger partial charge < -0.3 is 9.84 Å². The van der Waals surface area contributed by atoms with Crippen LogP contribution in [-0.2, 0) is 15.8 Å². The lowest BCUT2D eigenvalue weighted by molar-refractivity contribution is -0.137. The first-order valence-corrected chi connectivity index (χ1v) is 10.6. The molecule has 9 heteroatoms. The summed E-state index contributed by atoms with van der Waals surface area (Å²) < 4.78 is 59.1. The Labute approximate surface area is 197 Å². The molecule has 1 amide bonds. The number of benzene rings is 3. The summed E-state index contributed by atoms with van der Waals surface area (Å²) in [4.78, 5) is 27.1. The predicted octanol–water partition coefficient (Wildman–Crippen LogP) is 5.87. The van der Waals surface area contributed by atoms with Crippen LogP contribution in [0.4, 0.5) is 23.2 Å². The molecule has 3 aromatic carbocycles. The van der Waals surface area contributed by atoms with E-state index in [0.29, 0.717) is 12.4 Å². The van der Waals surface area contributed by atoms with Crippen molar-refractivity contribution < 1.29 is 37.0 Å². The molecular formula is C26H19F4NO4. The molecule has 1 heterocycles. The van der Waals surface area contributed by atoms with Crippen molar-refractivity contribution >= 4 is 23.1 Å². The number of anilines is 1. The van der Waals surface area contributed by atoms with Gasteiger partial charge in [-0.3, -0.25) is 14.5 Å². The van der Waals surface area contributed by atoms with Crippen molar-refractivity contribution in [1.82, 2.24) is 0 Å². The van der Waals surface area contributed by atoms with Gasteiger partial charge in [0.05, 0.1) is 23.8 Å². The van der Waals surface area contributed by atoms with E-state index in [4.69, 9.17) is 4.74 Å². The van der Waals surface area contributed by atoms with Crippen molar-refractivity contribution in [3.63, 3.8) is 0 Å². The number of halogens is 4. The summed E-state index contributed by atoms with van der Waals surface area (Å²) in [5.41, 5.74) is -1.15. The van der Waals surface area contributed by atoms with Crippen molar-refractivity contribution in [1.29, 1.82) is 0 Å². The summed E-state index contributed by atoms with van der Waals surface area (Å²) in [5, 5.41) is 11.1. The van der Waals surface area contributed by atoms with Crippen molar-refractivity contribution in [3.8, 4) is 5.75 Å². The number of Topliss-reactive ketones (excluding diaryl/α,β-unsaturated/α-hetero) is 1. The minimum atomic E-state index is -4.69. The summed E-state index contributed by atoms with van der Waals surface area (Å²) in [7, 11) is 0. The van der Waals surface area contributed by atoms with Crippen LogP contribution in [0, 0.1) is 5.82 Å². The second-order valence-electron chi connectivity index (χ2n) is 7.73. The fourth-order valence-corrected chi connectivity index (χ4v) is 3.95. The number of aliphatic hydroxyl groups excluding tert-OH is 1. The van der Waals surface area contributed by atoms with Gasteiger partial charge in [-0.05, 0) is 55.0 Å². The van der Waals surface area contributed by atoms with Crippen LogP contribution >= 0.6 is 0 Å². The van der Waals surface area contributed by atoms with Crippen molar-refractivity contribution in [2.24, 2.45) is 0 Å². The van der Waals surface area contributed by atoms with E-state index in [9.17, 15) is 32.3 Å². The van der Waals surface area contributed by atoms with Crippen molar-refractivity contribution in [3.05, 3.63) is 101 Å². The van der Waals surface area contributed by atoms with E-state index in [2.05, 4.69) is 0 Å². The zero-order valence-electron chi connectivity index (χ0n) is 18.3. The fraction of sp³-hybridized carbons (Fsp3) is 0.154. The molecule has 1 aliphatic rings. The number of rotatable bonds is 5. The first-order chi connectivity index (χ1) is 16.6. The normalized spacial score (nSPS) is 17.6. The van der Waals surface area contributed by atoms with Crippen LogP contribution in [0.25, 0.3) is 5.76 Å². The molecule has 1 unspecified atom stereocenters. The van der Waals surface area contributed by atoms with E-state index in [1.807, 2.05) is 0 Å². The minimum absolute atomic E-state index is 0.171. The Bertz CT molecular complexity index is 1320. The average Bonchev–Trinajstić information content (AvgIpc) is 3.09. The van der Waals surface area contributed by atoms with Gasteiger partial charge in [-0.2, -0.15) is 13.2 Å². The molecule has 0 aromatic heterocycles. The molecule has 1 fully saturated rings. The third-order valence-corrected chi connectivity index (χ3v) is 5.50. The number of ether oxygens (including phenoxy) is 1. The molecule has 5 nitrogen and oxygen atoms in total. The monoisotopic (exact) mass is 485 g/mol. The Morgan fingerprint density at radius 3 is 2.34 bits per heavy atom. The molecule has 0 spiro atoms. The highest BCUT2D eigenvalue weighted by Gasteiger charge is 2.47. The zero-order valence-corrected chi connectivity index (χ0v) is 18.3. The highest BCUT2D eigenvalue weighted by molar-refractivity contribution is 6.51. The summed E-state index contributed by atoms with van der Waals surface area (Å²) in [5.74, 6) is -2.93. The molecule has 4 rings (SSSR count). The number of carbonyl (C=O) groups excluding carboxylic acids is 2. The first-order valence-electron chi connectivity index (χ1n) is 10.6. The number of aliphatic hydroxyl groups is 1. The smallest absolute Gasteiger partial charge is 0.416 e. The highest BCUT2D eigenvalue weighted by Crippen LogP contribution is 2.43. The second kappa shape index (κ2) is 9.25. The van der Waals surface area contributed by atoms with Crippen LogP contribution in [0.15, 0.2) is 78.4 Å². The van der Waals surface area contributed by atoms with Crippen LogP contribution in [0.5, 0.6) is 5.75 Å². The zero-order chi connectivity index (χ0) is 25.3. The van der Waals surface area contributed by atoms with E-state index >= 15 is 0 Å². The Kier molecular flexibility index (Phi) is 6.34. The van der Waals surface area contributed by atoms with Gasteiger partial charge in [0.2, 0.25) is 0 Å². The SMILES string of the molecule is CCOc1cccc(/C(O)=C2\C(=O)C(=O)N(c3cccc(C(F)(F)F)c3)C2c2ccc(F)cc2)c1. The molecule has 180 valence electrons. The standard InChI is InChI=1S/C26H19F4NO4/c1-2-35-20-8-3-5-16(13-20)23(32)21-22(15-9-11-18(27)12-10-15)31(25(34)24(21)33)19-7-4-6-17(14-19)26(28,29)30/h3-14,22,32H,2H2,1H3/b23-21+. The van der Waals surface area contributed by atoms with Crippen molar-refractivity contribution in [2.45, 2.75) is 19.1 Å². The number of ketones is 1. The molecule has 3 aromatic rings. The van der Waals surface area contributed by atoms with Crippen LogP contribution in [0.1, 0.15) is 29.7 Å². The quantitative estimate of drug-likeness (QED) is 0.213. The third-order valence-electron chi connectivity index (χ3n) is 5.50. The molecule has 35 heavy (non-hydrogen) atoms. The van der Waals surface area contributed by atoms with Gasteiger partial charge in [-0.25, -0.2) is 4.39 Å². The van der Waals surface area contributed by atoms with Crippen LogP contribution < -0.4 is 9.64 Å². The number of nitrogens with zero attached hydrogens (tertiary/aromatic N) is 1. The molecule has 1 saturated heterocycles. The average molecular weight is 485 g/mol. The van der Waals surface area contributed by atoms with Crippen LogP contribution in [0.3, 0.4) is 0 Å². The van der Waals surface area contributed by atoms with Gasteiger partial charge in [0.1, 0.15) is 17.3 Å². The van der Waals surface area contributed by atoms with Crippen LogP contribution in [-0.4, -0.2) is 23.4 Å². The Balaban J connectivity index is 1.93. The predicted molar refractivity (Wildman–Crippen MR) is 120 cm³/mol. The van der Waals surface area contributed by atoms with Crippen LogP contribution in [0.2, 0.25) is 0 Å². The number of amides is 1. The fourth-order valence-electron chi connectivity index (χ4n) is 3.95. The minimum Gasteiger partial charge on any atom is -0.507 e. The number of hydrogen-bond donors (Lipinski definition) is 1. The van der Waals surface area contributed by atoms with E-state index in [1.54, 1.807) is 19.1 Å². The maximum Gasteiger partial charge on any atom is 0.416 e. The molecule has 1 N–H and O–H groups in total. The van der Waals surface area contributed by atoms with Gasteiger partial charge in [-0.15, -0.1) is 0 Å². The van der Waals surface area contributed by atoms with Gasteiger partial charge in [0.15, 0.2) is 0 Å². The lowest BCUT2D eigenvalue weighted by Crippen LogP contribution is -2.29. The summed E-state index contributed by atoms with van der Waals surface area (Å²) in [6, 6.07) is 13.6. The van der Waals surface area contributed by atoms with Gasteiger partial charge >= 0.3 is 6.18 Å². The van der Waals surface area contributed by atoms with E-state index in [1.165, 1.54) is 30.3 Å². The summed E-state index contributed by atoms with van der Waals surface area (Å²) in [6.45, 7) is 2.11. The lowest BCUT2D eigenvalue weighted by Gasteiger charge is -2.26. The second-order valence-corrected chi connectivity index (χ2v) is 7.73. The molecular weight excluding hydrogens is 466 g/mol. The summed E-state index contributed by atoms with van der Waals surface area (Å²) in [6.07, 6.45) is -4.69. The van der Waals surface area contributed by atoms with Gasteiger partial charge in [-0.1, -0.05) is 30.3 Å². The van der Waals surface area contributed by atoms with Gasteiger partial charge in [0.25, 0.3) is 11.7 Å². The molecule has 0 saturated carbocycles. The first kappa shape index (κ1) is 24.0. The maximum absolute atomic E-state index is 13.6. The maximum atomic E-state index is 13.6. The number of hydrogen-bond acceptors (Lipinski definition) is 4. The van der Waals surface area contributed by atoms with Gasteiger partial charge in [0, 0.05) is 11.3 Å². The third kappa shape index (κ3) is 4.62. The molecule has 1 atom stereocenters. The topological polar surface area (TPSA) is 66.8 Å². The molecule has 0 radical (unpaired) electrons. The molecule has 0 bridgehead atoms. The highest BCUT2D eigenvalue weighted by atomic mass is 19.4.